The van der Waals surface area contributed by atoms with Crippen LogP contribution in [0.3, 0.4) is 0 Å². The number of ketones is 1. The van der Waals surface area contributed by atoms with Crippen molar-refractivity contribution in [2.24, 2.45) is 0 Å². The Morgan fingerprint density at radius 2 is 2.25 bits per heavy atom. The van der Waals surface area contributed by atoms with Crippen LogP contribution in [0, 0.1) is 0 Å². The Morgan fingerprint density at radius 3 is 2.94 bits per heavy atom. The van der Waals surface area contributed by atoms with Gasteiger partial charge in [0.25, 0.3) is 0 Å². The summed E-state index contributed by atoms with van der Waals surface area (Å²) < 4.78 is 5.15. The van der Waals surface area contributed by atoms with Gasteiger partial charge in [-0.15, -0.1) is 0 Å². The minimum atomic E-state index is 0.261. The highest BCUT2D eigenvalue weighted by Crippen LogP contribution is 2.23. The van der Waals surface area contributed by atoms with E-state index < -0.39 is 0 Å². The van der Waals surface area contributed by atoms with Crippen molar-refractivity contribution in [3.05, 3.63) is 30.0 Å². The molecule has 1 aromatic heterocycles. The number of fused-ring (bicyclic) bond motifs is 1. The minimum absolute atomic E-state index is 0.261. The number of hydrogen-bond donors (Lipinski definition) is 1. The molecular formula is C13H15NO2. The van der Waals surface area contributed by atoms with Gasteiger partial charge in [0.15, 0.2) is 0 Å². The van der Waals surface area contributed by atoms with Gasteiger partial charge in [-0.05, 0) is 17.7 Å². The molecule has 0 aliphatic carbocycles. The van der Waals surface area contributed by atoms with Crippen molar-refractivity contribution in [2.75, 3.05) is 7.11 Å². The Bertz CT molecular complexity index is 514. The predicted molar refractivity (Wildman–Crippen MR) is 63.9 cm³/mol. The van der Waals surface area contributed by atoms with Crippen LogP contribution >= 0.6 is 0 Å². The van der Waals surface area contributed by atoms with Crippen molar-refractivity contribution < 1.29 is 9.53 Å². The van der Waals surface area contributed by atoms with Gasteiger partial charge >= 0.3 is 0 Å². The molecular weight excluding hydrogens is 202 g/mol. The largest absolute Gasteiger partial charge is 0.497 e. The molecule has 0 unspecified atom stereocenters. The molecule has 0 saturated heterocycles. The number of Topliss-reactive ketones (excluding diaryl/α,β-unsaturated/α-hetero) is 1. The van der Waals surface area contributed by atoms with E-state index in [1.54, 1.807) is 7.11 Å². The zero-order chi connectivity index (χ0) is 11.5. The van der Waals surface area contributed by atoms with E-state index in [2.05, 4.69) is 4.98 Å². The molecule has 2 aromatic rings. The van der Waals surface area contributed by atoms with Crippen LogP contribution in [-0.2, 0) is 11.2 Å². The summed E-state index contributed by atoms with van der Waals surface area (Å²) >= 11 is 0. The first-order valence-corrected chi connectivity index (χ1v) is 5.40. The van der Waals surface area contributed by atoms with E-state index in [-0.39, 0.29) is 5.78 Å². The minimum Gasteiger partial charge on any atom is -0.497 e. The lowest BCUT2D eigenvalue weighted by molar-refractivity contribution is -0.118. The highest BCUT2D eigenvalue weighted by atomic mass is 16.5. The molecule has 0 radical (unpaired) electrons. The molecule has 2 rings (SSSR count). The predicted octanol–water partition coefficient (Wildman–Crippen LogP) is 2.70. The Labute approximate surface area is 94.4 Å². The summed E-state index contributed by atoms with van der Waals surface area (Å²) in [5, 5.41) is 1.10. The first-order chi connectivity index (χ1) is 7.74. The Hall–Kier alpha value is -1.77. The maximum absolute atomic E-state index is 11.4. The van der Waals surface area contributed by atoms with Crippen LogP contribution in [0.15, 0.2) is 24.4 Å². The summed E-state index contributed by atoms with van der Waals surface area (Å²) in [5.41, 5.74) is 2.07. The van der Waals surface area contributed by atoms with E-state index in [4.69, 9.17) is 4.74 Å². The third kappa shape index (κ3) is 1.94. The smallest absolute Gasteiger partial charge is 0.137 e. The van der Waals surface area contributed by atoms with Crippen LogP contribution in [0.2, 0.25) is 0 Å². The van der Waals surface area contributed by atoms with Gasteiger partial charge in [-0.1, -0.05) is 6.92 Å². The number of nitrogens with one attached hydrogen (secondary N) is 1. The average Bonchev–Trinajstić information content (AvgIpc) is 2.71. The number of aromatic amines is 1. The van der Waals surface area contributed by atoms with Crippen molar-refractivity contribution in [2.45, 2.75) is 19.8 Å². The molecule has 0 saturated carbocycles. The monoisotopic (exact) mass is 217 g/mol. The Morgan fingerprint density at radius 1 is 1.44 bits per heavy atom. The third-order valence-corrected chi connectivity index (χ3v) is 2.76. The number of rotatable bonds is 4. The van der Waals surface area contributed by atoms with E-state index in [0.717, 1.165) is 22.2 Å². The van der Waals surface area contributed by atoms with E-state index >= 15 is 0 Å². The third-order valence-electron chi connectivity index (χ3n) is 2.76. The maximum atomic E-state index is 11.4. The van der Waals surface area contributed by atoms with Gasteiger partial charge in [-0.2, -0.15) is 0 Å². The summed E-state index contributed by atoms with van der Waals surface area (Å²) in [5.74, 6) is 1.08. The van der Waals surface area contributed by atoms with E-state index in [1.807, 2.05) is 31.3 Å². The van der Waals surface area contributed by atoms with Crippen molar-refractivity contribution in [3.63, 3.8) is 0 Å². The first-order valence-electron chi connectivity index (χ1n) is 5.40. The lowest BCUT2D eigenvalue weighted by Gasteiger charge is -2.00. The van der Waals surface area contributed by atoms with Gasteiger partial charge in [-0.25, -0.2) is 0 Å². The number of carbonyl (C=O) groups is 1. The summed E-state index contributed by atoms with van der Waals surface area (Å²) in [4.78, 5) is 14.6. The number of ether oxygens (including phenoxy) is 1. The fraction of sp³-hybridized carbons (Fsp3) is 0.308. The van der Waals surface area contributed by atoms with Gasteiger partial charge in [0.1, 0.15) is 11.5 Å². The zero-order valence-electron chi connectivity index (χ0n) is 9.54. The first kappa shape index (κ1) is 10.7. The normalized spacial score (nSPS) is 10.6. The number of hydrogen-bond acceptors (Lipinski definition) is 2. The highest BCUT2D eigenvalue weighted by Gasteiger charge is 2.07. The van der Waals surface area contributed by atoms with Crippen molar-refractivity contribution in [1.82, 2.24) is 4.98 Å². The van der Waals surface area contributed by atoms with Crippen molar-refractivity contribution >= 4 is 16.7 Å². The van der Waals surface area contributed by atoms with Gasteiger partial charge in [0.05, 0.1) is 7.11 Å². The average molecular weight is 217 g/mol. The highest BCUT2D eigenvalue weighted by molar-refractivity contribution is 5.90. The standard InChI is InChI=1S/C13H15NO2/c1-3-10(15)6-9-8-14-13-7-11(16-2)4-5-12(9)13/h4-5,7-8,14H,3,6H2,1-2H3. The molecule has 1 aromatic carbocycles. The molecule has 1 heterocycles. The summed E-state index contributed by atoms with van der Waals surface area (Å²) in [6.07, 6.45) is 2.99. The molecule has 3 heteroatoms. The number of H-pyrrole nitrogens is 1. The maximum Gasteiger partial charge on any atom is 0.137 e. The molecule has 0 spiro atoms. The molecule has 1 N–H and O–H groups in total. The fourth-order valence-corrected chi connectivity index (χ4v) is 1.78. The molecule has 0 atom stereocenters. The summed E-state index contributed by atoms with van der Waals surface area (Å²) in [6, 6.07) is 5.84. The van der Waals surface area contributed by atoms with Crippen LogP contribution in [0.1, 0.15) is 18.9 Å². The SMILES string of the molecule is CCC(=O)Cc1c[nH]c2cc(OC)ccc12. The molecule has 3 nitrogen and oxygen atoms in total. The van der Waals surface area contributed by atoms with Crippen molar-refractivity contribution in [3.8, 4) is 5.75 Å². The zero-order valence-corrected chi connectivity index (χ0v) is 9.54. The van der Waals surface area contributed by atoms with Crippen molar-refractivity contribution in [1.29, 1.82) is 0 Å². The van der Waals surface area contributed by atoms with Gasteiger partial charge in [-0.3, -0.25) is 4.79 Å². The Kier molecular flexibility index (Phi) is 2.95. The topological polar surface area (TPSA) is 42.1 Å². The lowest BCUT2D eigenvalue weighted by atomic mass is 10.1. The molecule has 0 fully saturated rings. The summed E-state index contributed by atoms with van der Waals surface area (Å²) in [7, 11) is 1.64. The second-order valence-corrected chi connectivity index (χ2v) is 3.79. The van der Waals surface area contributed by atoms with Crippen LogP contribution in [0.5, 0.6) is 5.75 Å². The van der Waals surface area contributed by atoms with E-state index in [0.29, 0.717) is 12.8 Å². The molecule has 0 aliphatic heterocycles. The van der Waals surface area contributed by atoms with Crippen LogP contribution in [0.25, 0.3) is 10.9 Å². The van der Waals surface area contributed by atoms with Gasteiger partial charge in [0.2, 0.25) is 0 Å². The Balaban J connectivity index is 2.37. The molecule has 0 bridgehead atoms. The number of methoxy groups -OCH3 is 1. The molecule has 16 heavy (non-hydrogen) atoms. The van der Waals surface area contributed by atoms with Gasteiger partial charge < -0.3 is 9.72 Å². The second kappa shape index (κ2) is 4.39. The fourth-order valence-electron chi connectivity index (χ4n) is 1.78. The summed E-state index contributed by atoms with van der Waals surface area (Å²) in [6.45, 7) is 1.89. The van der Waals surface area contributed by atoms with E-state index in [1.165, 1.54) is 0 Å². The number of benzene rings is 1. The molecule has 84 valence electrons. The molecule has 0 amide bonds. The van der Waals surface area contributed by atoms with Gasteiger partial charge in [0, 0.05) is 36.0 Å². The second-order valence-electron chi connectivity index (χ2n) is 3.79. The van der Waals surface area contributed by atoms with Crippen LogP contribution < -0.4 is 4.74 Å². The lowest BCUT2D eigenvalue weighted by Crippen LogP contribution is -1.99. The van der Waals surface area contributed by atoms with E-state index in [9.17, 15) is 4.79 Å². The quantitative estimate of drug-likeness (QED) is 0.855. The number of aromatic nitrogens is 1. The van der Waals surface area contributed by atoms with Crippen LogP contribution in [-0.4, -0.2) is 17.9 Å². The molecule has 0 aliphatic rings. The number of carbonyl (C=O) groups excluding carboxylic acids is 1. The van der Waals surface area contributed by atoms with Crippen LogP contribution in [0.4, 0.5) is 0 Å².